The van der Waals surface area contributed by atoms with E-state index < -0.39 is 11.7 Å². The lowest BCUT2D eigenvalue weighted by molar-refractivity contribution is -0.137. The van der Waals surface area contributed by atoms with Crippen molar-refractivity contribution >= 4 is 21.8 Å². The minimum atomic E-state index is -4.50. The molecule has 0 spiro atoms. The highest BCUT2D eigenvalue weighted by Gasteiger charge is 2.36. The van der Waals surface area contributed by atoms with E-state index in [-0.39, 0.29) is 27.7 Å². The van der Waals surface area contributed by atoms with E-state index in [9.17, 15) is 18.0 Å². The van der Waals surface area contributed by atoms with Crippen LogP contribution in [0.1, 0.15) is 80.1 Å². The van der Waals surface area contributed by atoms with E-state index in [1.807, 2.05) is 0 Å². The number of halogens is 4. The van der Waals surface area contributed by atoms with Gasteiger partial charge in [-0.15, -0.1) is 0 Å². The Hall–Kier alpha value is -1.24. The summed E-state index contributed by atoms with van der Waals surface area (Å²) in [5.41, 5.74) is -0.713. The van der Waals surface area contributed by atoms with Gasteiger partial charge in [0.25, 0.3) is 5.91 Å². The number of rotatable bonds is 4. The molecule has 1 N–H and O–H groups in total. The number of carbonyl (C=O) groups is 1. The van der Waals surface area contributed by atoms with Gasteiger partial charge in [-0.25, -0.2) is 0 Å². The monoisotopic (exact) mass is 475 g/mol. The van der Waals surface area contributed by atoms with Gasteiger partial charge in [0.1, 0.15) is 5.75 Å². The van der Waals surface area contributed by atoms with Crippen molar-refractivity contribution in [3.63, 3.8) is 0 Å². The predicted molar refractivity (Wildman–Crippen MR) is 110 cm³/mol. The van der Waals surface area contributed by atoms with Gasteiger partial charge in [0.2, 0.25) is 0 Å². The van der Waals surface area contributed by atoms with E-state index in [4.69, 9.17) is 4.74 Å². The van der Waals surface area contributed by atoms with Crippen LogP contribution in [0, 0.1) is 11.8 Å². The summed E-state index contributed by atoms with van der Waals surface area (Å²) in [6.45, 7) is 0. The third kappa shape index (κ3) is 5.47. The molecule has 29 heavy (non-hydrogen) atoms. The summed E-state index contributed by atoms with van der Waals surface area (Å²) in [6, 6.07) is 1.91. The van der Waals surface area contributed by atoms with Crippen LogP contribution in [-0.4, -0.2) is 19.1 Å². The van der Waals surface area contributed by atoms with Crippen molar-refractivity contribution < 1.29 is 22.7 Å². The minimum absolute atomic E-state index is 0.0651. The topological polar surface area (TPSA) is 38.3 Å². The number of methoxy groups -OCH3 is 1. The highest BCUT2D eigenvalue weighted by molar-refractivity contribution is 9.10. The average molecular weight is 476 g/mol. The lowest BCUT2D eigenvalue weighted by atomic mass is 9.79. The van der Waals surface area contributed by atoms with Crippen LogP contribution in [0.3, 0.4) is 0 Å². The summed E-state index contributed by atoms with van der Waals surface area (Å²) in [4.78, 5) is 13.0. The number of benzene rings is 1. The van der Waals surface area contributed by atoms with Gasteiger partial charge in [-0.2, -0.15) is 13.2 Å². The second-order valence-corrected chi connectivity index (χ2v) is 9.17. The van der Waals surface area contributed by atoms with Gasteiger partial charge in [-0.05, 0) is 52.7 Å². The van der Waals surface area contributed by atoms with Crippen LogP contribution in [0.5, 0.6) is 5.75 Å². The van der Waals surface area contributed by atoms with E-state index >= 15 is 0 Å². The van der Waals surface area contributed by atoms with Crippen molar-refractivity contribution in [2.75, 3.05) is 7.11 Å². The Bertz CT molecular complexity index is 715. The van der Waals surface area contributed by atoms with Gasteiger partial charge >= 0.3 is 6.18 Å². The molecule has 162 valence electrons. The number of hydrogen-bond donors (Lipinski definition) is 1. The summed E-state index contributed by atoms with van der Waals surface area (Å²) >= 11 is 3.15. The van der Waals surface area contributed by atoms with E-state index in [1.165, 1.54) is 52.1 Å². The van der Waals surface area contributed by atoms with E-state index in [0.29, 0.717) is 11.8 Å². The molecule has 2 atom stereocenters. The highest BCUT2D eigenvalue weighted by atomic mass is 79.9. The van der Waals surface area contributed by atoms with Gasteiger partial charge in [-0.3, -0.25) is 4.79 Å². The zero-order valence-electron chi connectivity index (χ0n) is 16.8. The molecule has 2 saturated carbocycles. The Morgan fingerprint density at radius 2 is 1.69 bits per heavy atom. The summed E-state index contributed by atoms with van der Waals surface area (Å²) < 4.78 is 44.5. The molecule has 1 aromatic rings. The molecule has 7 heteroatoms. The summed E-state index contributed by atoms with van der Waals surface area (Å²) in [5, 5.41) is 3.12. The number of amides is 1. The maximum atomic E-state index is 13.1. The van der Waals surface area contributed by atoms with Crippen molar-refractivity contribution in [1.82, 2.24) is 5.32 Å². The highest BCUT2D eigenvalue weighted by Crippen LogP contribution is 2.40. The van der Waals surface area contributed by atoms with Crippen LogP contribution in [0.25, 0.3) is 0 Å². The first-order chi connectivity index (χ1) is 13.8. The summed E-state index contributed by atoms with van der Waals surface area (Å²) in [7, 11) is 1.28. The third-order valence-electron chi connectivity index (χ3n) is 6.47. The molecule has 2 aliphatic carbocycles. The fourth-order valence-corrected chi connectivity index (χ4v) is 5.64. The second-order valence-electron chi connectivity index (χ2n) is 8.31. The van der Waals surface area contributed by atoms with Crippen molar-refractivity contribution in [2.45, 2.75) is 76.4 Å². The maximum absolute atomic E-state index is 13.1. The van der Waals surface area contributed by atoms with Gasteiger partial charge in [0.05, 0.1) is 18.2 Å². The molecular formula is C22H29BrF3NO2. The van der Waals surface area contributed by atoms with E-state index in [2.05, 4.69) is 21.2 Å². The zero-order chi connectivity index (χ0) is 21.0. The molecule has 0 aromatic heterocycles. The van der Waals surface area contributed by atoms with Crippen molar-refractivity contribution in [2.24, 2.45) is 11.8 Å². The number of nitrogens with one attached hydrogen (secondary N) is 1. The van der Waals surface area contributed by atoms with Crippen LogP contribution in [0.4, 0.5) is 13.2 Å². The fraction of sp³-hybridized carbons (Fsp3) is 0.682. The Balaban J connectivity index is 1.76. The smallest absolute Gasteiger partial charge is 0.416 e. The molecule has 0 radical (unpaired) electrons. The molecular weight excluding hydrogens is 447 g/mol. The predicted octanol–water partition coefficient (Wildman–Crippen LogP) is 6.74. The van der Waals surface area contributed by atoms with Crippen molar-refractivity contribution in [1.29, 1.82) is 0 Å². The van der Waals surface area contributed by atoms with Crippen LogP contribution >= 0.6 is 15.9 Å². The molecule has 0 heterocycles. The second kappa shape index (κ2) is 9.71. The largest absolute Gasteiger partial charge is 0.496 e. The van der Waals surface area contributed by atoms with Crippen molar-refractivity contribution in [3.05, 3.63) is 27.7 Å². The first-order valence-electron chi connectivity index (χ1n) is 10.6. The molecule has 2 aliphatic rings. The summed E-state index contributed by atoms with van der Waals surface area (Å²) in [5.74, 6) is 0.646. The Kier molecular flexibility index (Phi) is 7.52. The Morgan fingerprint density at radius 3 is 2.31 bits per heavy atom. The average Bonchev–Trinajstić information content (AvgIpc) is 3.07. The third-order valence-corrected chi connectivity index (χ3v) is 7.10. The van der Waals surface area contributed by atoms with Gasteiger partial charge in [0, 0.05) is 10.5 Å². The van der Waals surface area contributed by atoms with Crippen LogP contribution in [0.15, 0.2) is 16.6 Å². The number of carbonyl (C=O) groups excluding carboxylic acids is 1. The van der Waals surface area contributed by atoms with E-state index in [1.54, 1.807) is 0 Å². The Morgan fingerprint density at radius 1 is 1.03 bits per heavy atom. The lowest BCUT2D eigenvalue weighted by Gasteiger charge is -2.31. The number of alkyl halides is 3. The lowest BCUT2D eigenvalue weighted by Crippen LogP contribution is -2.40. The molecule has 3 rings (SSSR count). The van der Waals surface area contributed by atoms with Crippen LogP contribution < -0.4 is 10.1 Å². The van der Waals surface area contributed by atoms with Crippen LogP contribution in [-0.2, 0) is 6.18 Å². The fourth-order valence-electron chi connectivity index (χ4n) is 5.02. The zero-order valence-corrected chi connectivity index (χ0v) is 18.4. The van der Waals surface area contributed by atoms with Gasteiger partial charge in [-0.1, -0.05) is 51.4 Å². The molecule has 1 aromatic carbocycles. The normalized spacial score (nSPS) is 24.0. The molecule has 0 bridgehead atoms. The molecule has 2 fully saturated rings. The molecule has 0 saturated heterocycles. The SMILES string of the molecule is COc1cc(C(F)(F)F)cc(Br)c1C(=O)N[C@@H]1CCC[C@@H]1C1CCCCCCC1. The number of hydrogen-bond acceptors (Lipinski definition) is 2. The summed E-state index contributed by atoms with van der Waals surface area (Å²) in [6.07, 6.45) is 7.44. The van der Waals surface area contributed by atoms with Crippen molar-refractivity contribution in [3.8, 4) is 5.75 Å². The molecule has 3 nitrogen and oxygen atoms in total. The first-order valence-corrected chi connectivity index (χ1v) is 11.4. The van der Waals surface area contributed by atoms with Crippen LogP contribution in [0.2, 0.25) is 0 Å². The quantitative estimate of drug-likeness (QED) is 0.523. The maximum Gasteiger partial charge on any atom is 0.416 e. The van der Waals surface area contributed by atoms with Gasteiger partial charge in [0.15, 0.2) is 0 Å². The van der Waals surface area contributed by atoms with Gasteiger partial charge < -0.3 is 10.1 Å². The minimum Gasteiger partial charge on any atom is -0.496 e. The van der Waals surface area contributed by atoms with E-state index in [0.717, 1.165) is 31.4 Å². The standard InChI is InChI=1S/C22H29BrF3NO2/c1-29-19-13-15(22(24,25)26)12-17(23)20(19)21(28)27-18-11-7-10-16(18)14-8-5-3-2-4-6-9-14/h12-14,16,18H,2-11H2,1H3,(H,27,28)/t16-,18-/m1/s1. The first kappa shape index (κ1) is 22.4. The molecule has 0 unspecified atom stereocenters. The Labute approximate surface area is 178 Å². The number of ether oxygens (including phenoxy) is 1. The molecule has 0 aliphatic heterocycles. The molecule has 1 amide bonds.